The predicted molar refractivity (Wildman–Crippen MR) is 269 cm³/mol. The van der Waals surface area contributed by atoms with E-state index in [9.17, 15) is 0 Å². The molecule has 3 heterocycles. The summed E-state index contributed by atoms with van der Waals surface area (Å²) in [6.07, 6.45) is 0. The van der Waals surface area contributed by atoms with Crippen LogP contribution in [0.1, 0.15) is 76.3 Å². The molecule has 0 fully saturated rings. The third kappa shape index (κ3) is 4.76. The molecule has 10 aromatic rings. The molecular formula is C58H47BN2S. The molecule has 13 rings (SSSR count). The van der Waals surface area contributed by atoms with Crippen LogP contribution < -0.4 is 16.2 Å². The lowest BCUT2D eigenvalue weighted by Crippen LogP contribution is -2.37. The highest BCUT2D eigenvalue weighted by Crippen LogP contribution is 2.55. The number of rotatable bonds is 3. The van der Waals surface area contributed by atoms with Gasteiger partial charge in [0.2, 0.25) is 0 Å². The molecule has 0 unspecified atom stereocenters. The number of hydrogen-bond acceptors (Lipinski definition) is 2. The van der Waals surface area contributed by atoms with Crippen LogP contribution >= 0.6 is 11.3 Å². The Kier molecular flexibility index (Phi) is 7.13. The predicted octanol–water partition coefficient (Wildman–Crippen LogP) is 14.2. The SMILES string of the molecule is CC(C)(C)c1ccc(Nc2cc3c(cc2-c2ccc4c5c6c(ccc5n5c4c2Bc2cc4c(cc2-5)sc2ccccc24)C(C)(C)c2ccccc2-6)-c2ccccc2C3(C)C)cc1. The van der Waals surface area contributed by atoms with Crippen LogP contribution in [0.4, 0.5) is 11.4 Å². The molecule has 0 bridgehead atoms. The monoisotopic (exact) mass is 814 g/mol. The minimum atomic E-state index is -0.125. The fourth-order valence-corrected chi connectivity index (χ4v) is 12.9. The second-order valence-electron chi connectivity index (χ2n) is 20.2. The summed E-state index contributed by atoms with van der Waals surface area (Å²) >= 11 is 1.91. The van der Waals surface area contributed by atoms with Crippen molar-refractivity contribution in [1.29, 1.82) is 0 Å². The number of fused-ring (bicyclic) bond motifs is 15. The highest BCUT2D eigenvalue weighted by Gasteiger charge is 2.40. The number of thiophene rings is 1. The molecule has 2 nitrogen and oxygen atoms in total. The zero-order chi connectivity index (χ0) is 42.0. The molecule has 0 atom stereocenters. The average molecular weight is 815 g/mol. The maximum absolute atomic E-state index is 4.01. The number of benzene rings is 8. The van der Waals surface area contributed by atoms with Crippen molar-refractivity contribution in [3.8, 4) is 39.1 Å². The van der Waals surface area contributed by atoms with Crippen molar-refractivity contribution in [2.24, 2.45) is 0 Å². The molecule has 2 aliphatic carbocycles. The molecule has 3 aliphatic rings. The fraction of sp³-hybridized carbons (Fsp3) is 0.172. The maximum Gasteiger partial charge on any atom is 0.198 e. The van der Waals surface area contributed by atoms with Gasteiger partial charge in [-0.2, -0.15) is 0 Å². The van der Waals surface area contributed by atoms with Crippen molar-refractivity contribution >= 4 is 82.9 Å². The first-order valence-corrected chi connectivity index (χ1v) is 23.0. The summed E-state index contributed by atoms with van der Waals surface area (Å²) in [6, 6.07) is 55.9. The van der Waals surface area contributed by atoms with Crippen LogP contribution in [0.2, 0.25) is 0 Å². The number of anilines is 2. The molecule has 62 heavy (non-hydrogen) atoms. The molecule has 0 amide bonds. The Morgan fingerprint density at radius 1 is 0.548 bits per heavy atom. The van der Waals surface area contributed by atoms with Gasteiger partial charge < -0.3 is 9.88 Å². The first kappa shape index (κ1) is 36.3. The Bertz CT molecular complexity index is 3610. The van der Waals surface area contributed by atoms with Gasteiger partial charge in [0.15, 0.2) is 7.28 Å². The molecule has 1 aliphatic heterocycles. The van der Waals surface area contributed by atoms with E-state index in [-0.39, 0.29) is 16.2 Å². The quantitative estimate of drug-likeness (QED) is 0.176. The zero-order valence-corrected chi connectivity index (χ0v) is 37.2. The lowest BCUT2D eigenvalue weighted by molar-refractivity contribution is 0.590. The topological polar surface area (TPSA) is 17.0 Å². The molecule has 4 heteroatoms. The van der Waals surface area contributed by atoms with Gasteiger partial charge in [-0.1, -0.05) is 157 Å². The molecular weight excluding hydrogens is 768 g/mol. The van der Waals surface area contributed by atoms with E-state index in [0.29, 0.717) is 0 Å². The Labute approximate surface area is 368 Å². The smallest absolute Gasteiger partial charge is 0.198 e. The molecule has 0 radical (unpaired) electrons. The summed E-state index contributed by atoms with van der Waals surface area (Å²) in [5.41, 5.74) is 23.7. The van der Waals surface area contributed by atoms with E-state index in [1.807, 2.05) is 11.3 Å². The second kappa shape index (κ2) is 12.2. The highest BCUT2D eigenvalue weighted by molar-refractivity contribution is 7.25. The van der Waals surface area contributed by atoms with Crippen LogP contribution in [0.5, 0.6) is 0 Å². The van der Waals surface area contributed by atoms with Crippen molar-refractivity contribution in [3.63, 3.8) is 0 Å². The third-order valence-corrected chi connectivity index (χ3v) is 16.1. The third-order valence-electron chi connectivity index (χ3n) is 15.0. The molecule has 0 saturated carbocycles. The standard InChI is InChI=1S/C58H47BN2S/c1-56(2,3)32-20-22-33(23-21-32)60-47-30-45-39(34-14-8-11-17-42(34)58(45,6)7)28-40(47)36-24-25-38-53-48(27-26-44-52(53)37-16-9-12-18-43(37)57(44,4)5)61-49-31-51-41(29-46(49)59-54(36)55(38)61)35-15-10-13-19-50(35)62-51/h8-31,59-60H,1-7H3. The number of nitrogens with zero attached hydrogens (tertiary/aromatic N) is 1. The van der Waals surface area contributed by atoms with E-state index in [0.717, 1.165) is 18.7 Å². The molecule has 2 aromatic heterocycles. The van der Waals surface area contributed by atoms with Gasteiger partial charge >= 0.3 is 0 Å². The fourth-order valence-electron chi connectivity index (χ4n) is 11.8. The average Bonchev–Trinajstić information content (AvgIpc) is 3.94. The van der Waals surface area contributed by atoms with Gasteiger partial charge in [-0.3, -0.25) is 0 Å². The van der Waals surface area contributed by atoms with E-state index in [4.69, 9.17) is 0 Å². The van der Waals surface area contributed by atoms with Crippen LogP contribution in [-0.2, 0) is 16.2 Å². The Balaban J connectivity index is 1.13. The summed E-state index contributed by atoms with van der Waals surface area (Å²) in [7, 11) is 0.849. The van der Waals surface area contributed by atoms with Crippen molar-refractivity contribution in [2.75, 3.05) is 5.32 Å². The number of nitrogens with one attached hydrogen (secondary N) is 1. The van der Waals surface area contributed by atoms with E-state index in [1.165, 1.54) is 120 Å². The lowest BCUT2D eigenvalue weighted by Gasteiger charge is -2.26. The number of hydrogen-bond donors (Lipinski definition) is 1. The number of aromatic nitrogens is 1. The molecule has 298 valence electrons. The van der Waals surface area contributed by atoms with Crippen LogP contribution in [0, 0.1) is 0 Å². The van der Waals surface area contributed by atoms with E-state index < -0.39 is 0 Å². The second-order valence-corrected chi connectivity index (χ2v) is 21.3. The van der Waals surface area contributed by atoms with Gasteiger partial charge in [-0.25, -0.2) is 0 Å². The van der Waals surface area contributed by atoms with Crippen molar-refractivity contribution < 1.29 is 0 Å². The van der Waals surface area contributed by atoms with E-state index in [1.54, 1.807) is 0 Å². The van der Waals surface area contributed by atoms with Crippen LogP contribution in [0.25, 0.3) is 81.0 Å². The minimum absolute atomic E-state index is 0.0821. The molecule has 0 saturated heterocycles. The van der Waals surface area contributed by atoms with Crippen molar-refractivity contribution in [3.05, 3.63) is 173 Å². The largest absolute Gasteiger partial charge is 0.355 e. The lowest BCUT2D eigenvalue weighted by atomic mass is 9.59. The highest BCUT2D eigenvalue weighted by atomic mass is 32.1. The summed E-state index contributed by atoms with van der Waals surface area (Å²) in [4.78, 5) is 0. The van der Waals surface area contributed by atoms with Crippen LogP contribution in [-0.4, -0.2) is 11.8 Å². The van der Waals surface area contributed by atoms with Gasteiger partial charge in [-0.15, -0.1) is 11.3 Å². The van der Waals surface area contributed by atoms with Gasteiger partial charge in [0.1, 0.15) is 0 Å². The first-order chi connectivity index (χ1) is 29.9. The first-order valence-electron chi connectivity index (χ1n) is 22.2. The summed E-state index contributed by atoms with van der Waals surface area (Å²) in [5.74, 6) is 0. The van der Waals surface area contributed by atoms with Gasteiger partial charge in [0.25, 0.3) is 0 Å². The van der Waals surface area contributed by atoms with Crippen molar-refractivity contribution in [2.45, 2.75) is 64.7 Å². The minimum Gasteiger partial charge on any atom is -0.355 e. The Hall–Kier alpha value is -6.36. The van der Waals surface area contributed by atoms with Crippen LogP contribution in [0.15, 0.2) is 146 Å². The summed E-state index contributed by atoms with van der Waals surface area (Å²) in [5, 5.41) is 9.42. The van der Waals surface area contributed by atoms with E-state index >= 15 is 0 Å². The maximum atomic E-state index is 4.01. The molecule has 8 aromatic carbocycles. The summed E-state index contributed by atoms with van der Waals surface area (Å²) in [6.45, 7) is 16.4. The Morgan fingerprint density at radius 3 is 2.05 bits per heavy atom. The van der Waals surface area contributed by atoms with E-state index in [2.05, 4.69) is 204 Å². The summed E-state index contributed by atoms with van der Waals surface area (Å²) < 4.78 is 5.33. The van der Waals surface area contributed by atoms with Crippen LogP contribution in [0.3, 0.4) is 0 Å². The van der Waals surface area contributed by atoms with Gasteiger partial charge in [0, 0.05) is 64.5 Å². The van der Waals surface area contributed by atoms with Gasteiger partial charge in [0.05, 0.1) is 5.52 Å². The van der Waals surface area contributed by atoms with Crippen molar-refractivity contribution in [1.82, 2.24) is 4.57 Å². The normalized spacial score (nSPS) is 15.1. The molecule has 1 N–H and O–H groups in total. The zero-order valence-electron chi connectivity index (χ0n) is 36.4. The Morgan fingerprint density at radius 2 is 1.26 bits per heavy atom. The molecule has 0 spiro atoms. The van der Waals surface area contributed by atoms with Gasteiger partial charge in [-0.05, 0) is 114 Å².